The number of fused-ring (bicyclic) bond motifs is 2. The molecule has 0 aromatic carbocycles. The summed E-state index contributed by atoms with van der Waals surface area (Å²) in [6.07, 6.45) is -3.99. The molecule has 0 aromatic rings. The summed E-state index contributed by atoms with van der Waals surface area (Å²) in [6.45, 7) is 24.3. The Kier molecular flexibility index (Phi) is 13.8. The van der Waals surface area contributed by atoms with Gasteiger partial charge in [-0.05, 0) is 72.4 Å². The summed E-state index contributed by atoms with van der Waals surface area (Å²) >= 11 is 0. The maximum atomic E-state index is 14.4. The van der Waals surface area contributed by atoms with E-state index in [9.17, 15) is 25.2 Å². The lowest BCUT2D eigenvalue weighted by atomic mass is 9.79. The van der Waals surface area contributed by atoms with Gasteiger partial charge in [-0.25, -0.2) is 0 Å². The molecule has 0 spiro atoms. The summed E-state index contributed by atoms with van der Waals surface area (Å²) in [5.74, 6) is -2.70. The number of hydrogen-bond acceptors (Lipinski definition) is 13. The van der Waals surface area contributed by atoms with E-state index in [1.165, 1.54) is 7.11 Å². The lowest BCUT2D eigenvalue weighted by molar-refractivity contribution is -0.317. The molecule has 1 aliphatic carbocycles. The van der Waals surface area contributed by atoms with E-state index in [4.69, 9.17) is 33.2 Å². The van der Waals surface area contributed by atoms with Gasteiger partial charge in [-0.3, -0.25) is 4.79 Å². The van der Waals surface area contributed by atoms with Crippen LogP contribution in [0.1, 0.15) is 122 Å². The summed E-state index contributed by atoms with van der Waals surface area (Å²) in [5.41, 5.74) is -2.74. The van der Waals surface area contributed by atoms with Gasteiger partial charge in [-0.2, -0.15) is 0 Å². The topological polar surface area (TPSA) is 166 Å². The van der Waals surface area contributed by atoms with Crippen molar-refractivity contribution in [2.45, 2.75) is 206 Å². The van der Waals surface area contributed by atoms with Crippen LogP contribution >= 0.6 is 0 Å². The number of aliphatic hydroxyl groups is 4. The molecule has 56 heavy (non-hydrogen) atoms. The number of hydrogen-bond donors (Lipinski definition) is 4. The third kappa shape index (κ3) is 8.74. The highest BCUT2D eigenvalue weighted by molar-refractivity contribution is 5.73. The fraction of sp³-hybridized carbons (Fsp3) is 0.930. The van der Waals surface area contributed by atoms with E-state index in [2.05, 4.69) is 32.7 Å². The summed E-state index contributed by atoms with van der Waals surface area (Å²) in [6, 6.07) is -0.236. The second kappa shape index (κ2) is 16.9. The average molecular weight is 798 g/mol. The van der Waals surface area contributed by atoms with Gasteiger partial charge in [0.25, 0.3) is 0 Å². The number of ether oxygens (including phenoxy) is 7. The molecule has 5 rings (SSSR count). The number of unbranched alkanes of at least 4 members (excludes halogenated alkanes) is 1. The van der Waals surface area contributed by atoms with Crippen molar-refractivity contribution in [1.29, 1.82) is 0 Å². The Labute approximate surface area is 335 Å². The predicted molar refractivity (Wildman–Crippen MR) is 209 cm³/mol. The third-order valence-corrected chi connectivity index (χ3v) is 14.1. The lowest BCUT2D eigenvalue weighted by Crippen LogP contribution is -2.60. The number of aliphatic hydroxyl groups excluding tert-OH is 3. The quantitative estimate of drug-likeness (QED) is 0.201. The number of methoxy groups -OCH3 is 1. The first-order valence-electron chi connectivity index (χ1n) is 21.2. The Morgan fingerprint density at radius 2 is 1.62 bits per heavy atom. The van der Waals surface area contributed by atoms with Crippen LogP contribution in [-0.4, -0.2) is 136 Å². The number of esters is 1. The molecule has 324 valence electrons. The molecular weight excluding hydrogens is 722 g/mol. The molecule has 9 unspecified atom stereocenters. The molecule has 3 saturated heterocycles. The standard InChI is InChI=1S/C43H75NO12/c1-15-16-17-40(9,10)21-44(13)29-18-23(3)51-39(31(29)45)55-36-25(5)33(53-30-20-41(11,50-14)35(47)28(8)52-30)26(6)38(48)54-37(43(49)27(7)34(43)46)24(4)32-22(2)19-42(36,12)56-32/h23-31,33-37,39,45-47,49H,15-21H2,1-14H3/t23?,24-,25-,26+,27?,28?,29?,30?,31?,33-,34+,35?,36+,37+,39?,41?,42+,43+/m0/s1. The van der Waals surface area contributed by atoms with Crippen LogP contribution in [0.2, 0.25) is 0 Å². The van der Waals surface area contributed by atoms with Crippen molar-refractivity contribution in [3.05, 3.63) is 11.3 Å². The highest BCUT2D eigenvalue weighted by Crippen LogP contribution is 2.54. The monoisotopic (exact) mass is 798 g/mol. The van der Waals surface area contributed by atoms with Crippen LogP contribution in [0.4, 0.5) is 0 Å². The first-order valence-corrected chi connectivity index (χ1v) is 21.2. The van der Waals surface area contributed by atoms with Gasteiger partial charge in [0.2, 0.25) is 0 Å². The molecule has 18 atom stereocenters. The normalized spacial score (nSPS) is 47.7. The van der Waals surface area contributed by atoms with Crippen LogP contribution in [0.15, 0.2) is 11.3 Å². The Balaban J connectivity index is 1.53. The number of cyclic esters (lactones) is 1. The van der Waals surface area contributed by atoms with E-state index < -0.39 is 102 Å². The van der Waals surface area contributed by atoms with Gasteiger partial charge < -0.3 is 58.5 Å². The second-order valence-electron chi connectivity index (χ2n) is 19.5. The molecule has 13 nitrogen and oxygen atoms in total. The van der Waals surface area contributed by atoms with Gasteiger partial charge >= 0.3 is 5.97 Å². The zero-order valence-corrected chi connectivity index (χ0v) is 36.6. The van der Waals surface area contributed by atoms with Gasteiger partial charge in [0.15, 0.2) is 12.6 Å². The van der Waals surface area contributed by atoms with Gasteiger partial charge in [0.1, 0.15) is 41.4 Å². The second-order valence-corrected chi connectivity index (χ2v) is 19.5. The molecule has 5 aliphatic rings. The smallest absolute Gasteiger partial charge is 0.311 e. The van der Waals surface area contributed by atoms with E-state index in [1.54, 1.807) is 27.7 Å². The fourth-order valence-electron chi connectivity index (χ4n) is 10.4. The maximum absolute atomic E-state index is 14.4. The van der Waals surface area contributed by atoms with E-state index in [0.717, 1.165) is 31.4 Å². The van der Waals surface area contributed by atoms with E-state index in [-0.39, 0.29) is 24.0 Å². The fourth-order valence-corrected chi connectivity index (χ4v) is 10.4. The van der Waals surface area contributed by atoms with Gasteiger partial charge in [0.05, 0.1) is 41.9 Å². The first kappa shape index (κ1) is 45.7. The minimum absolute atomic E-state index is 0.0510. The van der Waals surface area contributed by atoms with E-state index >= 15 is 0 Å². The molecule has 0 amide bonds. The zero-order valence-electron chi connectivity index (χ0n) is 36.6. The Morgan fingerprint density at radius 3 is 2.21 bits per heavy atom. The van der Waals surface area contributed by atoms with Gasteiger partial charge in [-0.1, -0.05) is 54.4 Å². The Bertz CT molecular complexity index is 1400. The van der Waals surface area contributed by atoms with Crippen molar-refractivity contribution in [3.63, 3.8) is 0 Å². The van der Waals surface area contributed by atoms with Crippen LogP contribution in [-0.2, 0) is 38.0 Å². The van der Waals surface area contributed by atoms with Crippen LogP contribution in [0.25, 0.3) is 0 Å². The predicted octanol–water partition coefficient (Wildman–Crippen LogP) is 4.70. The number of nitrogens with zero attached hydrogens (tertiary/aromatic N) is 1. The van der Waals surface area contributed by atoms with Gasteiger partial charge in [-0.15, -0.1) is 0 Å². The van der Waals surface area contributed by atoms with Crippen LogP contribution in [0.5, 0.6) is 0 Å². The van der Waals surface area contributed by atoms with Crippen LogP contribution in [0, 0.1) is 29.1 Å². The van der Waals surface area contributed by atoms with Crippen molar-refractivity contribution in [2.24, 2.45) is 29.1 Å². The van der Waals surface area contributed by atoms with Crippen LogP contribution in [0.3, 0.4) is 0 Å². The van der Waals surface area contributed by atoms with Gasteiger partial charge in [0, 0.05) is 44.4 Å². The minimum Gasteiger partial charge on any atom is -0.488 e. The first-order chi connectivity index (χ1) is 25.9. The average Bonchev–Trinajstić information content (AvgIpc) is 3.43. The molecule has 4 heterocycles. The highest BCUT2D eigenvalue weighted by atomic mass is 16.7. The van der Waals surface area contributed by atoms with E-state index in [1.807, 2.05) is 34.6 Å². The summed E-state index contributed by atoms with van der Waals surface area (Å²) in [7, 11) is 3.60. The number of likely N-dealkylation sites (N-methyl/N-ethyl adjacent to an activating group) is 1. The van der Waals surface area contributed by atoms with Crippen molar-refractivity contribution in [2.75, 3.05) is 20.7 Å². The zero-order chi connectivity index (χ0) is 41.9. The highest BCUT2D eigenvalue weighted by Gasteiger charge is 2.69. The largest absolute Gasteiger partial charge is 0.488 e. The molecule has 4 N–H and O–H groups in total. The minimum atomic E-state index is -1.67. The molecule has 1 saturated carbocycles. The number of carbonyl (C=O) groups is 1. The Hall–Kier alpha value is -1.39. The molecule has 4 aliphatic heterocycles. The van der Waals surface area contributed by atoms with Crippen molar-refractivity contribution in [3.8, 4) is 0 Å². The molecule has 4 fully saturated rings. The molecule has 0 aromatic heterocycles. The molecule has 2 bridgehead atoms. The van der Waals surface area contributed by atoms with Crippen LogP contribution < -0.4 is 0 Å². The molecule has 0 radical (unpaired) electrons. The number of carbonyl (C=O) groups excluding carboxylic acids is 1. The lowest BCUT2D eigenvalue weighted by Gasteiger charge is -2.49. The molecular formula is C43H75NO12. The van der Waals surface area contributed by atoms with E-state index in [0.29, 0.717) is 18.6 Å². The number of rotatable bonds is 12. The van der Waals surface area contributed by atoms with Crippen molar-refractivity contribution >= 4 is 5.97 Å². The van der Waals surface area contributed by atoms with Crippen molar-refractivity contribution < 1.29 is 58.4 Å². The van der Waals surface area contributed by atoms with Crippen molar-refractivity contribution in [1.82, 2.24) is 4.90 Å². The Morgan fingerprint density at radius 1 is 0.982 bits per heavy atom. The SMILES string of the molecule is CCCCC(C)(C)CN(C)C1CC(C)OC(O[C@@H]2[C@@H](C)[C@H](OC3CC(C)(OC)C(O)C(C)O3)[C@@H](C)C(=O)O[C@@H]([C@@]3(O)C(C)[C@H]3O)[C@@H](C)C3=C(C)C[C@@]2(C)O3)C1O. The third-order valence-electron chi connectivity index (χ3n) is 14.1. The summed E-state index contributed by atoms with van der Waals surface area (Å²) in [5, 5.41) is 45.7. The summed E-state index contributed by atoms with van der Waals surface area (Å²) in [4.78, 5) is 16.6. The maximum Gasteiger partial charge on any atom is 0.311 e. The summed E-state index contributed by atoms with van der Waals surface area (Å²) < 4.78 is 45.5. The molecule has 13 heteroatoms.